The van der Waals surface area contributed by atoms with Crippen LogP contribution in [0.1, 0.15) is 138 Å². The van der Waals surface area contributed by atoms with Gasteiger partial charge in [0.15, 0.2) is 0 Å². The number of fused-ring (bicyclic) bond motifs is 7. The van der Waals surface area contributed by atoms with Crippen molar-refractivity contribution in [3.63, 3.8) is 0 Å². The maximum absolute atomic E-state index is 12.7. The molecular formula is C50H76N4O3. The number of ether oxygens (including phenoxy) is 1. The first-order valence-electron chi connectivity index (χ1n) is 23.0. The third kappa shape index (κ3) is 6.91. The van der Waals surface area contributed by atoms with Crippen LogP contribution in [0.25, 0.3) is 0 Å². The first-order valence-corrected chi connectivity index (χ1v) is 23.0. The fraction of sp³-hybridized carbons (Fsp3) is 0.740. The van der Waals surface area contributed by atoms with E-state index in [0.29, 0.717) is 48.3 Å². The summed E-state index contributed by atoms with van der Waals surface area (Å²) in [6, 6.07) is 3.50. The molecule has 0 radical (unpaired) electrons. The lowest BCUT2D eigenvalue weighted by molar-refractivity contribution is -0.208. The molecule has 6 aliphatic rings. The number of rotatable bonds is 15. The Labute approximate surface area is 345 Å². The highest BCUT2D eigenvalue weighted by Crippen LogP contribution is 2.77. The first kappa shape index (κ1) is 42.4. The van der Waals surface area contributed by atoms with Gasteiger partial charge in [0.1, 0.15) is 12.0 Å². The van der Waals surface area contributed by atoms with Crippen molar-refractivity contribution >= 4 is 5.97 Å². The standard InChI is InChI=1S/C50H76N4O3/c1-10-31-54(32-11-2)33-30-51-50-26-19-37(35(4)5)43(50)39-15-16-41-46(8)22-20-38(45(6,7)40(46)21-23-47(41,9)49(39,12-3)27-28-50)36-17-24-48(25-18-36,44(55)56)34-57-42-14-13-29-52-53-42/h12-14,17,20,29,37,39-41,43,51H,3-4,10-11,15-16,18-19,21-28,30-34H2,1-2,5-9H3,(H,55,56)/t37-,39+,40?,41?,43?,46-,47+,48?,49+,50-/m0/s1. The van der Waals surface area contributed by atoms with Crippen LogP contribution in [0.3, 0.4) is 0 Å². The lowest BCUT2D eigenvalue weighted by atomic mass is 9.32. The van der Waals surface area contributed by atoms with Gasteiger partial charge in [0, 0.05) is 30.9 Å². The Balaban J connectivity index is 1.13. The summed E-state index contributed by atoms with van der Waals surface area (Å²) in [6.45, 7) is 31.5. The van der Waals surface area contributed by atoms with E-state index >= 15 is 0 Å². The highest BCUT2D eigenvalue weighted by atomic mass is 16.5. The molecule has 7 nitrogen and oxygen atoms in total. The predicted octanol–water partition coefficient (Wildman–Crippen LogP) is 10.9. The maximum atomic E-state index is 12.7. The molecule has 1 heterocycles. The van der Waals surface area contributed by atoms with Gasteiger partial charge in [0.2, 0.25) is 5.88 Å². The van der Waals surface area contributed by atoms with Crippen LogP contribution >= 0.6 is 0 Å². The number of allylic oxidation sites excluding steroid dienone is 6. The second-order valence-corrected chi connectivity index (χ2v) is 20.9. The van der Waals surface area contributed by atoms with Gasteiger partial charge >= 0.3 is 5.97 Å². The van der Waals surface area contributed by atoms with Gasteiger partial charge in [-0.05, 0) is 178 Å². The number of carbonyl (C=O) groups is 1. The lowest BCUT2D eigenvalue weighted by Crippen LogP contribution is -2.68. The maximum Gasteiger partial charge on any atom is 0.313 e. The van der Waals surface area contributed by atoms with Crippen molar-refractivity contribution in [1.82, 2.24) is 20.4 Å². The van der Waals surface area contributed by atoms with Crippen molar-refractivity contribution < 1.29 is 14.6 Å². The number of carboxylic acids is 1. The number of aliphatic carboxylic acids is 1. The Morgan fingerprint density at radius 2 is 1.75 bits per heavy atom. The monoisotopic (exact) mass is 781 g/mol. The molecule has 2 N–H and O–H groups in total. The van der Waals surface area contributed by atoms with Crippen molar-refractivity contribution in [2.24, 2.45) is 56.7 Å². The summed E-state index contributed by atoms with van der Waals surface area (Å²) in [4.78, 5) is 15.4. The van der Waals surface area contributed by atoms with Crippen LogP contribution in [0.15, 0.2) is 66.4 Å². The van der Waals surface area contributed by atoms with Gasteiger partial charge in [0.25, 0.3) is 0 Å². The van der Waals surface area contributed by atoms with Crippen LogP contribution < -0.4 is 10.1 Å². The molecule has 0 aliphatic heterocycles. The number of hydrogen-bond donors (Lipinski definition) is 2. The van der Waals surface area contributed by atoms with Crippen molar-refractivity contribution in [2.45, 2.75) is 144 Å². The summed E-state index contributed by atoms with van der Waals surface area (Å²) in [5.74, 6) is 2.62. The van der Waals surface area contributed by atoms with Gasteiger partial charge < -0.3 is 20.1 Å². The molecule has 1 aromatic rings. The van der Waals surface area contributed by atoms with E-state index in [2.05, 4.69) is 93.7 Å². The molecule has 4 unspecified atom stereocenters. The van der Waals surface area contributed by atoms with E-state index in [1.54, 1.807) is 18.3 Å². The summed E-state index contributed by atoms with van der Waals surface area (Å²) in [5.41, 5.74) is 3.99. The number of nitrogens with one attached hydrogen (secondary N) is 1. The molecule has 7 heteroatoms. The molecule has 7 rings (SSSR count). The van der Waals surface area contributed by atoms with Crippen molar-refractivity contribution in [3.05, 3.63) is 66.4 Å². The summed E-state index contributed by atoms with van der Waals surface area (Å²) in [5, 5.41) is 22.7. The normalized spacial score (nSPS) is 39.5. The topological polar surface area (TPSA) is 87.6 Å². The minimum Gasteiger partial charge on any atom is -0.481 e. The van der Waals surface area contributed by atoms with Gasteiger partial charge in [0.05, 0.1) is 0 Å². The Bertz CT molecular complexity index is 1710. The molecule has 0 aromatic carbocycles. The minimum atomic E-state index is -0.959. The average molecular weight is 781 g/mol. The van der Waals surface area contributed by atoms with Crippen LogP contribution in [0, 0.1) is 56.7 Å². The molecular weight excluding hydrogens is 705 g/mol. The van der Waals surface area contributed by atoms with E-state index in [1.807, 2.05) is 0 Å². The molecule has 0 amide bonds. The SMILES string of the molecule is C=C[C@@]12CC[C@@]3(NCCN(CCC)CCC)CC[C@@H](C(=C)C)C3[C@H]1CCC1[C@@]3(C)CC=C(C4=CCC(COc5cccnn5)(C(=O)O)CC4)C(C)(C)C3CC[C@]12C. The second kappa shape index (κ2) is 16.0. The molecule has 0 saturated heterocycles. The molecule has 4 fully saturated rings. The van der Waals surface area contributed by atoms with Gasteiger partial charge in [-0.25, -0.2) is 0 Å². The van der Waals surface area contributed by atoms with Gasteiger partial charge in [-0.3, -0.25) is 4.79 Å². The van der Waals surface area contributed by atoms with Crippen LogP contribution in [0.5, 0.6) is 5.88 Å². The van der Waals surface area contributed by atoms with Crippen LogP contribution in [0.4, 0.5) is 0 Å². The highest BCUT2D eigenvalue weighted by molar-refractivity contribution is 5.75. The van der Waals surface area contributed by atoms with E-state index in [0.717, 1.165) is 25.9 Å². The number of nitrogens with zero attached hydrogens (tertiary/aromatic N) is 3. The van der Waals surface area contributed by atoms with Crippen molar-refractivity contribution in [2.75, 3.05) is 32.8 Å². The number of aromatic nitrogens is 2. The van der Waals surface area contributed by atoms with E-state index in [9.17, 15) is 9.90 Å². The van der Waals surface area contributed by atoms with E-state index in [4.69, 9.17) is 11.3 Å². The van der Waals surface area contributed by atoms with Crippen LogP contribution in [-0.4, -0.2) is 64.5 Å². The fourth-order valence-corrected chi connectivity index (χ4v) is 15.3. The van der Waals surface area contributed by atoms with Crippen molar-refractivity contribution in [3.8, 4) is 5.88 Å². The van der Waals surface area contributed by atoms with Gasteiger partial charge in [-0.2, -0.15) is 5.10 Å². The summed E-state index contributed by atoms with van der Waals surface area (Å²) < 4.78 is 5.90. The quantitative estimate of drug-likeness (QED) is 0.171. The van der Waals surface area contributed by atoms with E-state index < -0.39 is 11.4 Å². The Kier molecular flexibility index (Phi) is 11.9. The number of hydrogen-bond acceptors (Lipinski definition) is 6. The van der Waals surface area contributed by atoms with Gasteiger partial charge in [-0.1, -0.05) is 71.9 Å². The van der Waals surface area contributed by atoms with Crippen molar-refractivity contribution in [1.29, 1.82) is 0 Å². The Morgan fingerprint density at radius 3 is 2.39 bits per heavy atom. The number of carboxylic acid groups (broad SMARTS) is 1. The Morgan fingerprint density at radius 1 is 0.982 bits per heavy atom. The lowest BCUT2D eigenvalue weighted by Gasteiger charge is -2.72. The van der Waals surface area contributed by atoms with E-state index in [1.165, 1.54) is 94.0 Å². The third-order valence-corrected chi connectivity index (χ3v) is 17.9. The third-order valence-electron chi connectivity index (χ3n) is 17.9. The molecule has 6 aliphatic carbocycles. The summed E-state index contributed by atoms with van der Waals surface area (Å²) in [7, 11) is 0. The molecule has 57 heavy (non-hydrogen) atoms. The largest absolute Gasteiger partial charge is 0.481 e. The average Bonchev–Trinajstić information content (AvgIpc) is 3.58. The van der Waals surface area contributed by atoms with Crippen LogP contribution in [0.2, 0.25) is 0 Å². The Hall–Kier alpha value is -2.77. The van der Waals surface area contributed by atoms with Gasteiger partial charge in [-0.15, -0.1) is 11.7 Å². The molecule has 0 bridgehead atoms. The summed E-state index contributed by atoms with van der Waals surface area (Å²) in [6.07, 6.45) is 24.4. The minimum absolute atomic E-state index is 0.00325. The molecule has 1 aromatic heterocycles. The molecule has 0 spiro atoms. The predicted molar refractivity (Wildman–Crippen MR) is 232 cm³/mol. The second-order valence-electron chi connectivity index (χ2n) is 20.9. The zero-order chi connectivity index (χ0) is 40.9. The first-order chi connectivity index (χ1) is 27.2. The fourth-order valence-electron chi connectivity index (χ4n) is 15.3. The zero-order valence-electron chi connectivity index (χ0n) is 36.8. The molecule has 314 valence electrons. The highest BCUT2D eigenvalue weighted by Gasteiger charge is 2.71. The van der Waals surface area contributed by atoms with E-state index in [-0.39, 0.29) is 33.8 Å². The zero-order valence-corrected chi connectivity index (χ0v) is 36.8. The van der Waals surface area contributed by atoms with Crippen LogP contribution in [-0.2, 0) is 4.79 Å². The molecule has 4 saturated carbocycles. The smallest absolute Gasteiger partial charge is 0.313 e. The molecule has 10 atom stereocenters. The summed E-state index contributed by atoms with van der Waals surface area (Å²) >= 11 is 0.